The van der Waals surface area contributed by atoms with Gasteiger partial charge in [0.05, 0.1) is 6.61 Å². The largest absolute Gasteiger partial charge is 0.462 e. The number of hydrogen-bond donors (Lipinski definition) is 0. The summed E-state index contributed by atoms with van der Waals surface area (Å²) in [4.78, 5) is 25.2. The van der Waals surface area contributed by atoms with E-state index in [1.165, 1.54) is 70.6 Å². The molecule has 0 aromatic rings. The molecule has 0 heterocycles. The summed E-state index contributed by atoms with van der Waals surface area (Å²) in [6, 6.07) is 0. The first-order chi connectivity index (χ1) is 26.6. The van der Waals surface area contributed by atoms with E-state index in [-0.39, 0.29) is 25.2 Å². The molecule has 0 amide bonds. The lowest BCUT2D eigenvalue weighted by Gasteiger charge is -2.18. The fourth-order valence-corrected chi connectivity index (χ4v) is 5.95. The Kier molecular flexibility index (Phi) is 42.5. The number of carbonyl (C=O) groups is 2. The van der Waals surface area contributed by atoms with E-state index < -0.39 is 6.10 Å². The first-order valence-corrected chi connectivity index (χ1v) is 22.5. The summed E-state index contributed by atoms with van der Waals surface area (Å²) in [5, 5.41) is 0. The van der Waals surface area contributed by atoms with Crippen LogP contribution in [0.3, 0.4) is 0 Å². The van der Waals surface area contributed by atoms with Crippen LogP contribution in [0.1, 0.15) is 201 Å². The number of allylic oxidation sites excluding steroid dienone is 12. The molecule has 0 bridgehead atoms. The Labute approximate surface area is 334 Å². The smallest absolute Gasteiger partial charge is 0.306 e. The molecule has 310 valence electrons. The fourth-order valence-electron chi connectivity index (χ4n) is 5.95. The zero-order valence-corrected chi connectivity index (χ0v) is 35.5. The molecule has 0 aromatic heterocycles. The standard InChI is InChI=1S/C49H84O5/c1-4-7-10-13-16-19-21-23-25-26-28-31-33-36-39-42-48(50)53-46-47(54-49(51)43-40-37-34-30-18-15-12-9-6-3)45-52-44-41-38-35-32-29-27-24-22-20-17-14-11-8-5-2/h7-8,10-11,16-17,19-20,23-25,27,47H,4-6,9,12-15,18,21-22,26,28-46H2,1-3H3/b10-7-,11-8-,19-16-,20-17-,25-23-,27-24-. The molecule has 0 aliphatic rings. The van der Waals surface area contributed by atoms with Crippen LogP contribution in [-0.4, -0.2) is 37.9 Å². The first kappa shape index (κ1) is 51.3. The van der Waals surface area contributed by atoms with Crippen LogP contribution in [0.5, 0.6) is 0 Å². The lowest BCUT2D eigenvalue weighted by atomic mass is 10.1. The number of esters is 2. The third-order valence-electron chi connectivity index (χ3n) is 9.24. The minimum Gasteiger partial charge on any atom is -0.462 e. The molecule has 1 atom stereocenters. The van der Waals surface area contributed by atoms with Crippen molar-refractivity contribution in [2.45, 2.75) is 207 Å². The molecule has 5 heteroatoms. The van der Waals surface area contributed by atoms with Crippen molar-refractivity contribution in [1.82, 2.24) is 0 Å². The van der Waals surface area contributed by atoms with Crippen molar-refractivity contribution < 1.29 is 23.8 Å². The SMILES string of the molecule is CC/C=C\C/C=C\C/C=C\CCCCCCCC(=O)OCC(COCCCCCC/C=C\C/C=C\C/C=C\CC)OC(=O)CCCCCCCCCCC. The molecule has 0 radical (unpaired) electrons. The van der Waals surface area contributed by atoms with E-state index >= 15 is 0 Å². The Morgan fingerprint density at radius 1 is 0.426 bits per heavy atom. The minimum atomic E-state index is -0.552. The third kappa shape index (κ3) is 42.1. The van der Waals surface area contributed by atoms with Crippen LogP contribution in [0.4, 0.5) is 0 Å². The van der Waals surface area contributed by atoms with Gasteiger partial charge in [0.2, 0.25) is 0 Å². The first-order valence-electron chi connectivity index (χ1n) is 22.5. The van der Waals surface area contributed by atoms with Gasteiger partial charge in [-0.3, -0.25) is 9.59 Å². The zero-order valence-electron chi connectivity index (χ0n) is 35.5. The molecule has 1 unspecified atom stereocenters. The topological polar surface area (TPSA) is 61.8 Å². The van der Waals surface area contributed by atoms with Crippen molar-refractivity contribution >= 4 is 11.9 Å². The highest BCUT2D eigenvalue weighted by Gasteiger charge is 2.17. The molecule has 54 heavy (non-hydrogen) atoms. The molecule has 0 fully saturated rings. The number of hydrogen-bond acceptors (Lipinski definition) is 5. The van der Waals surface area contributed by atoms with Crippen molar-refractivity contribution in [3.05, 3.63) is 72.9 Å². The van der Waals surface area contributed by atoms with E-state index in [4.69, 9.17) is 14.2 Å². The lowest BCUT2D eigenvalue weighted by Crippen LogP contribution is -2.30. The summed E-state index contributed by atoms with van der Waals surface area (Å²) < 4.78 is 17.3. The summed E-state index contributed by atoms with van der Waals surface area (Å²) in [5.74, 6) is -0.434. The maximum atomic E-state index is 12.7. The van der Waals surface area contributed by atoms with Crippen molar-refractivity contribution in [1.29, 1.82) is 0 Å². The van der Waals surface area contributed by atoms with Gasteiger partial charge in [-0.05, 0) is 83.5 Å². The third-order valence-corrected chi connectivity index (χ3v) is 9.24. The van der Waals surface area contributed by atoms with Gasteiger partial charge in [0, 0.05) is 19.4 Å². The molecule has 0 saturated heterocycles. The van der Waals surface area contributed by atoms with E-state index in [2.05, 4.69) is 93.7 Å². The number of rotatable bonds is 40. The van der Waals surface area contributed by atoms with E-state index in [1.54, 1.807) is 0 Å². The maximum Gasteiger partial charge on any atom is 0.306 e. The average Bonchev–Trinajstić information content (AvgIpc) is 3.17. The highest BCUT2D eigenvalue weighted by molar-refractivity contribution is 5.70. The Hall–Kier alpha value is -2.66. The van der Waals surface area contributed by atoms with Crippen molar-refractivity contribution in [3.8, 4) is 0 Å². The van der Waals surface area contributed by atoms with E-state index in [0.717, 1.165) is 96.3 Å². The zero-order chi connectivity index (χ0) is 39.3. The van der Waals surface area contributed by atoms with Crippen LogP contribution in [-0.2, 0) is 23.8 Å². The highest BCUT2D eigenvalue weighted by atomic mass is 16.6. The monoisotopic (exact) mass is 753 g/mol. The molecular weight excluding hydrogens is 669 g/mol. The second-order valence-corrected chi connectivity index (χ2v) is 14.5. The van der Waals surface area contributed by atoms with Gasteiger partial charge in [-0.1, -0.05) is 177 Å². The lowest BCUT2D eigenvalue weighted by molar-refractivity contribution is -0.163. The maximum absolute atomic E-state index is 12.7. The van der Waals surface area contributed by atoms with Gasteiger partial charge >= 0.3 is 11.9 Å². The second-order valence-electron chi connectivity index (χ2n) is 14.5. The van der Waals surface area contributed by atoms with E-state index in [0.29, 0.717) is 19.4 Å². The quantitative estimate of drug-likeness (QED) is 0.0354. The molecule has 0 saturated carbocycles. The van der Waals surface area contributed by atoms with Gasteiger partial charge in [0.15, 0.2) is 6.10 Å². The Balaban J connectivity index is 4.29. The number of unbranched alkanes of at least 4 members (excludes halogenated alkanes) is 17. The molecule has 0 aromatic carbocycles. The van der Waals surface area contributed by atoms with Gasteiger partial charge in [0.1, 0.15) is 6.61 Å². The second kappa shape index (κ2) is 44.7. The van der Waals surface area contributed by atoms with Crippen molar-refractivity contribution in [2.75, 3.05) is 19.8 Å². The molecule has 0 aliphatic carbocycles. The Morgan fingerprint density at radius 2 is 0.833 bits per heavy atom. The van der Waals surface area contributed by atoms with Gasteiger partial charge in [-0.2, -0.15) is 0 Å². The van der Waals surface area contributed by atoms with Crippen LogP contribution >= 0.6 is 0 Å². The van der Waals surface area contributed by atoms with E-state index in [9.17, 15) is 9.59 Å². The summed E-state index contributed by atoms with van der Waals surface area (Å²) in [7, 11) is 0. The van der Waals surface area contributed by atoms with Crippen molar-refractivity contribution in [2.24, 2.45) is 0 Å². The minimum absolute atomic E-state index is 0.0657. The van der Waals surface area contributed by atoms with Gasteiger partial charge < -0.3 is 14.2 Å². The molecular formula is C49H84O5. The van der Waals surface area contributed by atoms with Gasteiger partial charge in [0.25, 0.3) is 0 Å². The fraction of sp³-hybridized carbons (Fsp3) is 0.714. The van der Waals surface area contributed by atoms with Crippen LogP contribution in [0.15, 0.2) is 72.9 Å². The molecule has 0 N–H and O–H groups in total. The summed E-state index contributed by atoms with van der Waals surface area (Å²) >= 11 is 0. The Morgan fingerprint density at radius 3 is 1.33 bits per heavy atom. The predicted octanol–water partition coefficient (Wildman–Crippen LogP) is 14.8. The average molecular weight is 753 g/mol. The van der Waals surface area contributed by atoms with Crippen LogP contribution in [0, 0.1) is 0 Å². The van der Waals surface area contributed by atoms with E-state index in [1.807, 2.05) is 0 Å². The molecule has 0 rings (SSSR count). The van der Waals surface area contributed by atoms with Crippen LogP contribution in [0.2, 0.25) is 0 Å². The van der Waals surface area contributed by atoms with Crippen molar-refractivity contribution in [3.63, 3.8) is 0 Å². The predicted molar refractivity (Wildman–Crippen MR) is 233 cm³/mol. The Bertz CT molecular complexity index is 988. The van der Waals surface area contributed by atoms with Gasteiger partial charge in [-0.15, -0.1) is 0 Å². The molecule has 0 spiro atoms. The number of ether oxygens (including phenoxy) is 3. The van der Waals surface area contributed by atoms with Crippen LogP contribution in [0.25, 0.3) is 0 Å². The van der Waals surface area contributed by atoms with Crippen LogP contribution < -0.4 is 0 Å². The summed E-state index contributed by atoms with van der Waals surface area (Å²) in [6.07, 6.45) is 56.2. The number of carbonyl (C=O) groups excluding carboxylic acids is 2. The summed E-state index contributed by atoms with van der Waals surface area (Å²) in [6.45, 7) is 7.51. The molecule has 0 aliphatic heterocycles. The van der Waals surface area contributed by atoms with Gasteiger partial charge in [-0.25, -0.2) is 0 Å². The highest BCUT2D eigenvalue weighted by Crippen LogP contribution is 2.13. The summed E-state index contributed by atoms with van der Waals surface area (Å²) in [5.41, 5.74) is 0. The molecule has 5 nitrogen and oxygen atoms in total. The normalized spacial score (nSPS) is 12.9.